The molecule has 5 rings (SSSR count). The molecule has 2 aliphatic rings. The van der Waals surface area contributed by atoms with E-state index in [-0.39, 0.29) is 18.1 Å². The number of hydrogen-bond acceptors (Lipinski definition) is 5. The minimum atomic E-state index is -1.09. The first-order valence-electron chi connectivity index (χ1n) is 11.4. The van der Waals surface area contributed by atoms with E-state index >= 15 is 0 Å². The number of anilines is 1. The van der Waals surface area contributed by atoms with E-state index in [1.807, 2.05) is 36.4 Å². The Labute approximate surface area is 201 Å². The van der Waals surface area contributed by atoms with Gasteiger partial charge in [0.2, 0.25) is 0 Å². The van der Waals surface area contributed by atoms with Crippen molar-refractivity contribution in [3.05, 3.63) is 89.5 Å². The third kappa shape index (κ3) is 4.61. The fourth-order valence-corrected chi connectivity index (χ4v) is 4.73. The molecule has 0 unspecified atom stereocenters. The Morgan fingerprint density at radius 3 is 2.31 bits per heavy atom. The van der Waals surface area contributed by atoms with Crippen molar-refractivity contribution in [3.63, 3.8) is 0 Å². The van der Waals surface area contributed by atoms with Crippen LogP contribution in [0.25, 0.3) is 11.1 Å². The summed E-state index contributed by atoms with van der Waals surface area (Å²) in [5, 5.41) is 14.6. The van der Waals surface area contributed by atoms with E-state index < -0.39 is 30.1 Å². The molecule has 1 saturated heterocycles. The summed E-state index contributed by atoms with van der Waals surface area (Å²) < 4.78 is 11.1. The Morgan fingerprint density at radius 1 is 0.943 bits per heavy atom. The number of carboxylic acid groups (broad SMARTS) is 1. The molecule has 3 N–H and O–H groups in total. The molecule has 1 fully saturated rings. The van der Waals surface area contributed by atoms with E-state index in [0.717, 1.165) is 22.3 Å². The third-order valence-corrected chi connectivity index (χ3v) is 6.37. The molecule has 8 nitrogen and oxygen atoms in total. The van der Waals surface area contributed by atoms with Gasteiger partial charge in [-0.05, 0) is 46.9 Å². The van der Waals surface area contributed by atoms with Gasteiger partial charge in [-0.15, -0.1) is 0 Å². The highest BCUT2D eigenvalue weighted by atomic mass is 16.6. The number of aromatic carboxylic acids is 1. The molecule has 1 aliphatic carbocycles. The zero-order valence-corrected chi connectivity index (χ0v) is 18.8. The molecule has 1 aliphatic heterocycles. The van der Waals surface area contributed by atoms with Gasteiger partial charge in [-0.2, -0.15) is 0 Å². The molecule has 0 saturated carbocycles. The number of carbonyl (C=O) groups is 3. The fraction of sp³-hybridized carbons (Fsp3) is 0.222. The lowest BCUT2D eigenvalue weighted by molar-refractivity contribution is -0.125. The van der Waals surface area contributed by atoms with Gasteiger partial charge in [-0.1, -0.05) is 54.6 Å². The predicted octanol–water partition coefficient (Wildman–Crippen LogP) is 4.02. The Kier molecular flexibility index (Phi) is 6.20. The summed E-state index contributed by atoms with van der Waals surface area (Å²) in [7, 11) is 0. The Hall–Kier alpha value is -4.17. The second-order valence-electron chi connectivity index (χ2n) is 8.53. The number of amides is 2. The summed E-state index contributed by atoms with van der Waals surface area (Å²) in [6, 6.07) is 21.5. The fourth-order valence-electron chi connectivity index (χ4n) is 4.73. The molecule has 0 spiro atoms. The monoisotopic (exact) mass is 472 g/mol. The first-order chi connectivity index (χ1) is 17.0. The zero-order chi connectivity index (χ0) is 24.4. The number of alkyl carbamates (subject to hydrolysis) is 1. The summed E-state index contributed by atoms with van der Waals surface area (Å²) in [6.45, 7) is 0.480. The zero-order valence-electron chi connectivity index (χ0n) is 18.8. The molecule has 0 bridgehead atoms. The quantitative estimate of drug-likeness (QED) is 0.499. The van der Waals surface area contributed by atoms with Gasteiger partial charge in [-0.25, -0.2) is 9.59 Å². The average molecular weight is 472 g/mol. The molecule has 3 aromatic rings. The van der Waals surface area contributed by atoms with Crippen LogP contribution >= 0.6 is 0 Å². The average Bonchev–Trinajstić information content (AvgIpc) is 3.45. The van der Waals surface area contributed by atoms with Gasteiger partial charge in [0.1, 0.15) is 6.61 Å². The van der Waals surface area contributed by atoms with Gasteiger partial charge in [0, 0.05) is 18.2 Å². The molecule has 0 aromatic heterocycles. The number of carbonyl (C=O) groups excluding carboxylic acids is 2. The second-order valence-corrected chi connectivity index (χ2v) is 8.53. The summed E-state index contributed by atoms with van der Waals surface area (Å²) in [5.41, 5.74) is 4.92. The van der Waals surface area contributed by atoms with Crippen molar-refractivity contribution in [1.29, 1.82) is 0 Å². The molecule has 2 amide bonds. The maximum Gasteiger partial charge on any atom is 0.407 e. The number of benzene rings is 3. The van der Waals surface area contributed by atoms with E-state index in [1.54, 1.807) is 12.1 Å². The van der Waals surface area contributed by atoms with Crippen LogP contribution in [-0.2, 0) is 14.3 Å². The number of nitrogens with one attached hydrogen (secondary N) is 2. The topological polar surface area (TPSA) is 114 Å². The molecule has 8 heteroatoms. The molecule has 35 heavy (non-hydrogen) atoms. The molecular weight excluding hydrogens is 448 g/mol. The van der Waals surface area contributed by atoms with Gasteiger partial charge in [0.15, 0.2) is 6.10 Å². The van der Waals surface area contributed by atoms with Crippen LogP contribution in [0.4, 0.5) is 10.5 Å². The molecule has 178 valence electrons. The number of hydrogen-bond donors (Lipinski definition) is 3. The lowest BCUT2D eigenvalue weighted by Gasteiger charge is -2.20. The molecule has 3 aromatic carbocycles. The number of fused-ring (bicyclic) bond motifs is 3. The minimum Gasteiger partial charge on any atom is -0.478 e. The smallest absolute Gasteiger partial charge is 0.407 e. The molecule has 1 heterocycles. The van der Waals surface area contributed by atoms with Crippen LogP contribution < -0.4 is 10.6 Å². The maximum absolute atomic E-state index is 12.8. The molecular formula is C27H24N2O6. The lowest BCUT2D eigenvalue weighted by Crippen LogP contribution is -2.46. The van der Waals surface area contributed by atoms with E-state index in [4.69, 9.17) is 14.6 Å². The van der Waals surface area contributed by atoms with Gasteiger partial charge in [-0.3, -0.25) is 4.79 Å². The first-order valence-corrected chi connectivity index (χ1v) is 11.4. The van der Waals surface area contributed by atoms with Crippen molar-refractivity contribution in [2.24, 2.45) is 0 Å². The normalized spacial score (nSPS) is 18.4. The molecule has 0 radical (unpaired) electrons. The largest absolute Gasteiger partial charge is 0.478 e. The van der Waals surface area contributed by atoms with Gasteiger partial charge < -0.3 is 25.2 Å². The van der Waals surface area contributed by atoms with Crippen LogP contribution in [0.15, 0.2) is 72.8 Å². The SMILES string of the molecule is O=C(N[C@H]1CCO[C@H]1C(=O)Nc1cccc(C(=O)O)c1)OCC1c2ccccc2-c2ccccc21. The van der Waals surface area contributed by atoms with Gasteiger partial charge in [0.05, 0.1) is 11.6 Å². The van der Waals surface area contributed by atoms with Crippen LogP contribution in [0.1, 0.15) is 33.8 Å². The van der Waals surface area contributed by atoms with Crippen molar-refractivity contribution in [1.82, 2.24) is 5.32 Å². The third-order valence-electron chi connectivity index (χ3n) is 6.37. The van der Waals surface area contributed by atoms with E-state index in [2.05, 4.69) is 22.8 Å². The minimum absolute atomic E-state index is 0.0588. The number of ether oxygens (including phenoxy) is 2. The Balaban J connectivity index is 1.21. The highest BCUT2D eigenvalue weighted by molar-refractivity contribution is 5.97. The van der Waals surface area contributed by atoms with Crippen molar-refractivity contribution in [2.45, 2.75) is 24.5 Å². The second kappa shape index (κ2) is 9.60. The van der Waals surface area contributed by atoms with Crippen molar-refractivity contribution in [3.8, 4) is 11.1 Å². The van der Waals surface area contributed by atoms with Crippen molar-refractivity contribution in [2.75, 3.05) is 18.5 Å². The first kappa shape index (κ1) is 22.6. The summed E-state index contributed by atoms with van der Waals surface area (Å²) in [4.78, 5) is 36.6. The maximum atomic E-state index is 12.8. The Bertz CT molecular complexity index is 1240. The summed E-state index contributed by atoms with van der Waals surface area (Å²) in [5.74, 6) is -1.62. The van der Waals surface area contributed by atoms with E-state index in [0.29, 0.717) is 18.7 Å². The summed E-state index contributed by atoms with van der Waals surface area (Å²) >= 11 is 0. The number of carboxylic acids is 1. The van der Waals surface area contributed by atoms with Gasteiger partial charge in [0.25, 0.3) is 5.91 Å². The Morgan fingerprint density at radius 2 is 1.63 bits per heavy atom. The van der Waals surface area contributed by atoms with E-state index in [9.17, 15) is 14.4 Å². The van der Waals surface area contributed by atoms with Crippen LogP contribution in [0, 0.1) is 0 Å². The lowest BCUT2D eigenvalue weighted by atomic mass is 9.98. The van der Waals surface area contributed by atoms with Crippen LogP contribution in [0.5, 0.6) is 0 Å². The van der Waals surface area contributed by atoms with Crippen molar-refractivity contribution < 1.29 is 29.0 Å². The highest BCUT2D eigenvalue weighted by Crippen LogP contribution is 2.44. The number of rotatable bonds is 6. The standard InChI is InChI=1S/C27H24N2O6/c30-25(28-17-7-5-6-16(14-17)26(31)32)24-23(12-13-34-24)29-27(33)35-15-22-20-10-3-1-8-18(20)19-9-2-4-11-21(19)22/h1-11,14,22-24H,12-13,15H2,(H,28,30)(H,29,33)(H,31,32)/t23-,24+/m0/s1. The molecule has 2 atom stereocenters. The van der Waals surface area contributed by atoms with Crippen LogP contribution in [0.2, 0.25) is 0 Å². The van der Waals surface area contributed by atoms with Gasteiger partial charge >= 0.3 is 12.1 Å². The van der Waals surface area contributed by atoms with Crippen LogP contribution in [-0.4, -0.2) is 48.4 Å². The highest BCUT2D eigenvalue weighted by Gasteiger charge is 2.36. The predicted molar refractivity (Wildman–Crippen MR) is 128 cm³/mol. The summed E-state index contributed by atoms with van der Waals surface area (Å²) in [6.07, 6.45) is -1.07. The van der Waals surface area contributed by atoms with Crippen LogP contribution in [0.3, 0.4) is 0 Å². The van der Waals surface area contributed by atoms with E-state index in [1.165, 1.54) is 12.1 Å². The van der Waals surface area contributed by atoms with Crippen molar-refractivity contribution >= 4 is 23.7 Å².